The van der Waals surface area contributed by atoms with Crippen LogP contribution in [0.3, 0.4) is 0 Å². The van der Waals surface area contributed by atoms with E-state index < -0.39 is 0 Å². The molecule has 0 amide bonds. The van der Waals surface area contributed by atoms with Gasteiger partial charge in [0.25, 0.3) is 0 Å². The Morgan fingerprint density at radius 2 is 1.27 bits per heavy atom. The average molecular weight is 328 g/mol. The van der Waals surface area contributed by atoms with E-state index in [9.17, 15) is 0 Å². The van der Waals surface area contributed by atoms with Gasteiger partial charge < -0.3 is 10.5 Å². The summed E-state index contributed by atoms with van der Waals surface area (Å²) < 4.78 is 5.74. The first-order chi connectivity index (χ1) is 10.4. The van der Waals surface area contributed by atoms with Crippen LogP contribution in [0.2, 0.25) is 0 Å². The van der Waals surface area contributed by atoms with Crippen molar-refractivity contribution in [3.05, 3.63) is 29.8 Å². The van der Waals surface area contributed by atoms with E-state index in [-0.39, 0.29) is 12.4 Å². The molecule has 0 atom stereocenters. The summed E-state index contributed by atoms with van der Waals surface area (Å²) in [6.07, 6.45) is 13.6. The predicted molar refractivity (Wildman–Crippen MR) is 98.9 cm³/mol. The summed E-state index contributed by atoms with van der Waals surface area (Å²) in [5, 5.41) is 0. The smallest absolute Gasteiger partial charge is 0.119 e. The van der Waals surface area contributed by atoms with Crippen LogP contribution in [-0.4, -0.2) is 6.61 Å². The van der Waals surface area contributed by atoms with Crippen molar-refractivity contribution in [2.24, 2.45) is 5.73 Å². The van der Waals surface area contributed by atoms with Crippen LogP contribution >= 0.6 is 12.4 Å². The lowest BCUT2D eigenvalue weighted by molar-refractivity contribution is 0.304. The summed E-state index contributed by atoms with van der Waals surface area (Å²) in [6, 6.07) is 8.10. The van der Waals surface area contributed by atoms with Crippen LogP contribution < -0.4 is 10.5 Å². The lowest BCUT2D eigenvalue weighted by Crippen LogP contribution is -1.99. The van der Waals surface area contributed by atoms with Crippen molar-refractivity contribution in [2.45, 2.75) is 77.7 Å². The van der Waals surface area contributed by atoms with E-state index in [1.165, 1.54) is 57.8 Å². The first kappa shape index (κ1) is 21.3. The highest BCUT2D eigenvalue weighted by Crippen LogP contribution is 2.13. The van der Waals surface area contributed by atoms with Gasteiger partial charge in [0.2, 0.25) is 0 Å². The number of hydrogen-bond acceptors (Lipinski definition) is 2. The minimum Gasteiger partial charge on any atom is -0.494 e. The van der Waals surface area contributed by atoms with Crippen LogP contribution in [0.25, 0.3) is 0 Å². The van der Waals surface area contributed by atoms with Gasteiger partial charge in [0, 0.05) is 6.54 Å². The van der Waals surface area contributed by atoms with E-state index >= 15 is 0 Å². The van der Waals surface area contributed by atoms with Crippen LogP contribution in [0.4, 0.5) is 0 Å². The number of hydrogen-bond donors (Lipinski definition) is 1. The molecule has 3 heteroatoms. The molecule has 0 fully saturated rings. The quantitative estimate of drug-likeness (QED) is 0.460. The molecule has 1 rings (SSSR count). The SMILES string of the molecule is CCCCCCCCCCCCOc1ccc(CN)cc1.Cl. The van der Waals surface area contributed by atoms with Gasteiger partial charge >= 0.3 is 0 Å². The molecule has 0 aliphatic carbocycles. The molecule has 0 saturated carbocycles. The number of unbranched alkanes of at least 4 members (excludes halogenated alkanes) is 9. The van der Waals surface area contributed by atoms with E-state index in [0.29, 0.717) is 6.54 Å². The second-order valence-electron chi connectivity index (χ2n) is 5.88. The third-order valence-electron chi connectivity index (χ3n) is 3.93. The Morgan fingerprint density at radius 1 is 0.773 bits per heavy atom. The van der Waals surface area contributed by atoms with Gasteiger partial charge in [-0.3, -0.25) is 0 Å². The summed E-state index contributed by atoms with van der Waals surface area (Å²) >= 11 is 0. The normalized spacial score (nSPS) is 10.3. The Bertz CT molecular complexity index is 340. The molecule has 1 aromatic rings. The van der Waals surface area contributed by atoms with Crippen LogP contribution in [0.15, 0.2) is 24.3 Å². The Morgan fingerprint density at radius 3 is 1.77 bits per heavy atom. The van der Waals surface area contributed by atoms with E-state index in [1.54, 1.807) is 0 Å². The number of benzene rings is 1. The van der Waals surface area contributed by atoms with Crippen LogP contribution in [0, 0.1) is 0 Å². The number of ether oxygens (including phenoxy) is 1. The van der Waals surface area contributed by atoms with Crippen molar-refractivity contribution >= 4 is 12.4 Å². The molecule has 0 aliphatic rings. The molecule has 0 radical (unpaired) electrons. The van der Waals surface area contributed by atoms with Crippen LogP contribution in [-0.2, 0) is 6.54 Å². The number of halogens is 1. The molecular weight excluding hydrogens is 294 g/mol. The maximum absolute atomic E-state index is 5.74. The topological polar surface area (TPSA) is 35.2 Å². The molecule has 0 aliphatic heterocycles. The summed E-state index contributed by atoms with van der Waals surface area (Å²) in [5.74, 6) is 0.961. The van der Waals surface area contributed by atoms with Crippen molar-refractivity contribution in [1.82, 2.24) is 0 Å². The second kappa shape index (κ2) is 15.2. The molecule has 2 nitrogen and oxygen atoms in total. The molecule has 0 aromatic heterocycles. The molecular formula is C19H34ClNO. The third kappa shape index (κ3) is 10.9. The van der Waals surface area contributed by atoms with Gasteiger partial charge in [-0.2, -0.15) is 0 Å². The minimum atomic E-state index is 0. The van der Waals surface area contributed by atoms with Crippen molar-refractivity contribution in [3.8, 4) is 5.75 Å². The summed E-state index contributed by atoms with van der Waals surface area (Å²) in [4.78, 5) is 0. The van der Waals surface area contributed by atoms with Crippen LogP contribution in [0.1, 0.15) is 76.7 Å². The maximum atomic E-state index is 5.74. The summed E-state index contributed by atoms with van der Waals surface area (Å²) in [6.45, 7) is 3.70. The molecule has 0 spiro atoms. The summed E-state index contributed by atoms with van der Waals surface area (Å²) in [5.41, 5.74) is 6.73. The molecule has 0 bridgehead atoms. The third-order valence-corrected chi connectivity index (χ3v) is 3.93. The largest absolute Gasteiger partial charge is 0.494 e. The monoisotopic (exact) mass is 327 g/mol. The van der Waals surface area contributed by atoms with Gasteiger partial charge in [0.1, 0.15) is 5.75 Å². The summed E-state index contributed by atoms with van der Waals surface area (Å²) in [7, 11) is 0. The number of nitrogens with two attached hydrogens (primary N) is 1. The van der Waals surface area contributed by atoms with Crippen molar-refractivity contribution in [2.75, 3.05) is 6.61 Å². The molecule has 0 saturated heterocycles. The van der Waals surface area contributed by atoms with Crippen molar-refractivity contribution in [1.29, 1.82) is 0 Å². The van der Waals surface area contributed by atoms with E-state index in [0.717, 1.165) is 24.3 Å². The zero-order valence-electron chi connectivity index (χ0n) is 14.2. The second-order valence-corrected chi connectivity index (χ2v) is 5.88. The minimum absolute atomic E-state index is 0. The maximum Gasteiger partial charge on any atom is 0.119 e. The van der Waals surface area contributed by atoms with Gasteiger partial charge in [0.15, 0.2) is 0 Å². The Labute approximate surface area is 143 Å². The van der Waals surface area contributed by atoms with Gasteiger partial charge in [-0.15, -0.1) is 12.4 Å². The van der Waals surface area contributed by atoms with E-state index in [2.05, 4.69) is 6.92 Å². The predicted octanol–water partition coefficient (Wildman–Crippen LogP) is 5.87. The fraction of sp³-hybridized carbons (Fsp3) is 0.684. The average Bonchev–Trinajstić information content (AvgIpc) is 2.53. The Balaban J connectivity index is 0.00000441. The number of rotatable bonds is 13. The van der Waals surface area contributed by atoms with Gasteiger partial charge in [-0.1, -0.05) is 76.8 Å². The highest BCUT2D eigenvalue weighted by molar-refractivity contribution is 5.85. The van der Waals surface area contributed by atoms with Crippen molar-refractivity contribution in [3.63, 3.8) is 0 Å². The molecule has 128 valence electrons. The molecule has 2 N–H and O–H groups in total. The first-order valence-electron chi connectivity index (χ1n) is 8.78. The fourth-order valence-corrected chi connectivity index (χ4v) is 2.50. The lowest BCUT2D eigenvalue weighted by atomic mass is 10.1. The zero-order chi connectivity index (χ0) is 15.2. The highest BCUT2D eigenvalue weighted by atomic mass is 35.5. The lowest BCUT2D eigenvalue weighted by Gasteiger charge is -2.07. The van der Waals surface area contributed by atoms with Gasteiger partial charge in [-0.05, 0) is 24.1 Å². The van der Waals surface area contributed by atoms with Crippen LogP contribution in [0.5, 0.6) is 5.75 Å². The molecule has 22 heavy (non-hydrogen) atoms. The Hall–Kier alpha value is -0.730. The van der Waals surface area contributed by atoms with E-state index in [4.69, 9.17) is 10.5 Å². The van der Waals surface area contributed by atoms with Gasteiger partial charge in [0.05, 0.1) is 6.61 Å². The fourth-order valence-electron chi connectivity index (χ4n) is 2.50. The molecule has 1 aromatic carbocycles. The molecule has 0 unspecified atom stereocenters. The molecule has 0 heterocycles. The van der Waals surface area contributed by atoms with Gasteiger partial charge in [-0.25, -0.2) is 0 Å². The van der Waals surface area contributed by atoms with Crippen molar-refractivity contribution < 1.29 is 4.74 Å². The highest BCUT2D eigenvalue weighted by Gasteiger charge is 1.96. The zero-order valence-corrected chi connectivity index (χ0v) is 15.0. The standard InChI is InChI=1S/C19H33NO.ClH/c1-2-3-4-5-6-7-8-9-10-11-16-21-19-14-12-18(17-20)13-15-19;/h12-15H,2-11,16-17,20H2,1H3;1H. The van der Waals surface area contributed by atoms with E-state index in [1.807, 2.05) is 24.3 Å². The Kier molecular flexibility index (Phi) is 14.7. The first-order valence-corrected chi connectivity index (χ1v) is 8.78.